The number of methoxy groups -OCH3 is 1. The van der Waals surface area contributed by atoms with E-state index in [9.17, 15) is 18.4 Å². The number of esters is 1. The van der Waals surface area contributed by atoms with Crippen molar-refractivity contribution in [3.8, 4) is 11.5 Å². The number of unbranched alkanes of at least 4 members (excludes halogenated alkanes) is 1. The summed E-state index contributed by atoms with van der Waals surface area (Å²) in [6, 6.07) is 12.9. The second-order valence-electron chi connectivity index (χ2n) is 10.4. The number of rotatable bonds is 13. The van der Waals surface area contributed by atoms with Crippen LogP contribution in [0, 0.1) is 6.92 Å². The summed E-state index contributed by atoms with van der Waals surface area (Å²) in [7, 11) is 2.56. The zero-order valence-corrected chi connectivity index (χ0v) is 24.5. The van der Waals surface area contributed by atoms with Gasteiger partial charge >= 0.3 is 12.0 Å². The molecule has 0 spiro atoms. The van der Waals surface area contributed by atoms with Gasteiger partial charge in [0.25, 0.3) is 5.92 Å². The molecule has 9 heteroatoms. The second-order valence-corrected chi connectivity index (χ2v) is 10.4. The standard InChI is InChI=1S/C31H42F2N2O5/c1-7-39-26-18-25(19-27(22(26)3)40-8-2)23(4)35(17-13-12-16-24-14-10-9-11-15-24)29(37)34(5)30(28(36)38-6)20-31(32,33)21-30/h9-11,14-15,18-19,23H,7-8,12-13,16-17,20-21H2,1-6H3/t23-/m1/s1. The lowest BCUT2D eigenvalue weighted by Gasteiger charge is -2.51. The lowest BCUT2D eigenvalue weighted by Crippen LogP contribution is -2.68. The van der Waals surface area contributed by atoms with Crippen molar-refractivity contribution < 1.29 is 32.6 Å². The maximum atomic E-state index is 14.1. The lowest BCUT2D eigenvalue weighted by molar-refractivity contribution is -0.195. The van der Waals surface area contributed by atoms with Crippen LogP contribution in [0.2, 0.25) is 0 Å². The van der Waals surface area contributed by atoms with Gasteiger partial charge in [-0.3, -0.25) is 0 Å². The Hall–Kier alpha value is -3.36. The number of carbonyl (C=O) groups is 2. The number of urea groups is 1. The fourth-order valence-corrected chi connectivity index (χ4v) is 5.31. The van der Waals surface area contributed by atoms with E-state index in [4.69, 9.17) is 14.2 Å². The fourth-order valence-electron chi connectivity index (χ4n) is 5.31. The van der Waals surface area contributed by atoms with Crippen molar-refractivity contribution in [1.82, 2.24) is 9.80 Å². The third kappa shape index (κ3) is 6.85. The molecule has 0 aromatic heterocycles. The molecule has 1 atom stereocenters. The predicted molar refractivity (Wildman–Crippen MR) is 150 cm³/mol. The third-order valence-corrected chi connectivity index (χ3v) is 7.68. The topological polar surface area (TPSA) is 68.3 Å². The summed E-state index contributed by atoms with van der Waals surface area (Å²) >= 11 is 0. The molecule has 3 rings (SSSR count). The zero-order valence-electron chi connectivity index (χ0n) is 24.5. The van der Waals surface area contributed by atoms with Crippen molar-refractivity contribution in [2.45, 2.75) is 77.3 Å². The van der Waals surface area contributed by atoms with Crippen LogP contribution in [0.3, 0.4) is 0 Å². The quantitative estimate of drug-likeness (QED) is 0.205. The number of carbonyl (C=O) groups excluding carboxylic acids is 2. The molecule has 1 aliphatic rings. The highest BCUT2D eigenvalue weighted by Crippen LogP contribution is 2.50. The van der Waals surface area contributed by atoms with Crippen LogP contribution in [0.1, 0.15) is 69.2 Å². The van der Waals surface area contributed by atoms with Crippen LogP contribution in [0.5, 0.6) is 11.5 Å². The number of halogens is 2. The molecule has 0 bridgehead atoms. The third-order valence-electron chi connectivity index (χ3n) is 7.68. The number of ether oxygens (including phenoxy) is 3. The Morgan fingerprint density at radius 1 is 1.00 bits per heavy atom. The van der Waals surface area contributed by atoms with Gasteiger partial charge in [0.05, 0.1) is 26.4 Å². The van der Waals surface area contributed by atoms with Gasteiger partial charge in [-0.15, -0.1) is 0 Å². The molecule has 2 aromatic rings. The van der Waals surface area contributed by atoms with Crippen LogP contribution in [-0.4, -0.2) is 67.2 Å². The first-order chi connectivity index (χ1) is 19.0. The Bertz CT molecular complexity index is 1120. The molecule has 40 heavy (non-hydrogen) atoms. The minimum absolute atomic E-state index is 0.368. The molecule has 1 fully saturated rings. The highest BCUT2D eigenvalue weighted by atomic mass is 19.3. The minimum atomic E-state index is -3.04. The molecule has 1 saturated carbocycles. The predicted octanol–water partition coefficient (Wildman–Crippen LogP) is 6.57. The Morgan fingerprint density at radius 2 is 1.57 bits per heavy atom. The first kappa shape index (κ1) is 31.2. The number of aryl methyl sites for hydroxylation is 1. The van der Waals surface area contributed by atoms with Gasteiger partial charge in [-0.25, -0.2) is 18.4 Å². The lowest BCUT2D eigenvalue weighted by atomic mass is 9.72. The molecule has 7 nitrogen and oxygen atoms in total. The number of likely N-dealkylation sites (N-methyl/N-ethyl adjacent to an activating group) is 1. The normalized spacial score (nSPS) is 15.9. The SMILES string of the molecule is CCOc1cc([C@@H](C)N(CCCCc2ccccc2)C(=O)N(C)C2(C(=O)OC)CC(F)(F)C2)cc(OCC)c1C. The molecule has 0 saturated heterocycles. The number of amides is 2. The van der Waals surface area contributed by atoms with Gasteiger partial charge in [0.2, 0.25) is 0 Å². The maximum Gasteiger partial charge on any atom is 0.332 e. The van der Waals surface area contributed by atoms with E-state index in [2.05, 4.69) is 12.1 Å². The summed E-state index contributed by atoms with van der Waals surface area (Å²) in [5.74, 6) is -2.56. The first-order valence-electron chi connectivity index (χ1n) is 13.9. The summed E-state index contributed by atoms with van der Waals surface area (Å²) in [4.78, 5) is 29.5. The molecule has 0 unspecified atom stereocenters. The fraction of sp³-hybridized carbons (Fsp3) is 0.548. The first-order valence-corrected chi connectivity index (χ1v) is 13.9. The Morgan fingerprint density at radius 3 is 2.08 bits per heavy atom. The Kier molecular flexibility index (Phi) is 10.4. The summed E-state index contributed by atoms with van der Waals surface area (Å²) < 4.78 is 44.7. The van der Waals surface area contributed by atoms with Crippen LogP contribution in [-0.2, 0) is 16.0 Å². The van der Waals surface area contributed by atoms with Crippen molar-refractivity contribution in [3.05, 3.63) is 59.2 Å². The van der Waals surface area contributed by atoms with E-state index in [-0.39, 0.29) is 0 Å². The molecular weight excluding hydrogens is 518 g/mol. The van der Waals surface area contributed by atoms with Crippen LogP contribution >= 0.6 is 0 Å². The summed E-state index contributed by atoms with van der Waals surface area (Å²) in [5, 5.41) is 0. The van der Waals surface area contributed by atoms with Crippen LogP contribution in [0.15, 0.2) is 42.5 Å². The van der Waals surface area contributed by atoms with Crippen LogP contribution < -0.4 is 9.47 Å². The highest BCUT2D eigenvalue weighted by molar-refractivity contribution is 5.89. The van der Waals surface area contributed by atoms with Gasteiger partial charge in [0, 0.05) is 32.0 Å². The maximum absolute atomic E-state index is 14.1. The average Bonchev–Trinajstić information content (AvgIpc) is 2.92. The van der Waals surface area contributed by atoms with Gasteiger partial charge in [-0.05, 0) is 70.2 Å². The molecule has 220 valence electrons. The molecule has 0 heterocycles. The van der Waals surface area contributed by atoms with Crippen LogP contribution in [0.25, 0.3) is 0 Å². The highest BCUT2D eigenvalue weighted by Gasteiger charge is 2.65. The van der Waals surface area contributed by atoms with Crippen LogP contribution in [0.4, 0.5) is 13.6 Å². The molecule has 2 amide bonds. The van der Waals surface area contributed by atoms with E-state index >= 15 is 0 Å². The van der Waals surface area contributed by atoms with E-state index in [0.29, 0.717) is 37.7 Å². The second kappa shape index (κ2) is 13.3. The number of hydrogen-bond acceptors (Lipinski definition) is 5. The Labute approximate surface area is 236 Å². The molecule has 0 N–H and O–H groups in total. The molecule has 0 aliphatic heterocycles. The minimum Gasteiger partial charge on any atom is -0.493 e. The van der Waals surface area contributed by atoms with Crippen molar-refractivity contribution in [1.29, 1.82) is 0 Å². The Balaban J connectivity index is 1.92. The van der Waals surface area contributed by atoms with Crippen molar-refractivity contribution in [3.63, 3.8) is 0 Å². The molecule has 0 radical (unpaired) electrons. The number of benzene rings is 2. The summed E-state index contributed by atoms with van der Waals surface area (Å²) in [5.41, 5.74) is 1.14. The average molecular weight is 561 g/mol. The number of hydrogen-bond donors (Lipinski definition) is 0. The van der Waals surface area contributed by atoms with Gasteiger partial charge in [-0.2, -0.15) is 0 Å². The van der Waals surface area contributed by atoms with Crippen molar-refractivity contribution in [2.24, 2.45) is 0 Å². The van der Waals surface area contributed by atoms with E-state index in [0.717, 1.165) is 36.0 Å². The van der Waals surface area contributed by atoms with E-state index in [1.807, 2.05) is 58.0 Å². The number of alkyl halides is 2. The monoisotopic (exact) mass is 560 g/mol. The van der Waals surface area contributed by atoms with Gasteiger partial charge in [0.1, 0.15) is 11.5 Å². The molecular formula is C31H42F2N2O5. The van der Waals surface area contributed by atoms with Gasteiger partial charge < -0.3 is 24.0 Å². The van der Waals surface area contributed by atoms with Gasteiger partial charge in [-0.1, -0.05) is 30.3 Å². The van der Waals surface area contributed by atoms with E-state index < -0.39 is 42.3 Å². The van der Waals surface area contributed by atoms with E-state index in [1.165, 1.54) is 12.6 Å². The van der Waals surface area contributed by atoms with Crippen molar-refractivity contribution >= 4 is 12.0 Å². The smallest absolute Gasteiger partial charge is 0.332 e. The molecule has 1 aliphatic carbocycles. The summed E-state index contributed by atoms with van der Waals surface area (Å²) in [6.45, 7) is 8.89. The zero-order chi connectivity index (χ0) is 29.5. The largest absolute Gasteiger partial charge is 0.493 e. The van der Waals surface area contributed by atoms with Gasteiger partial charge in [0.15, 0.2) is 5.54 Å². The van der Waals surface area contributed by atoms with E-state index in [1.54, 1.807) is 4.90 Å². The summed E-state index contributed by atoms with van der Waals surface area (Å²) in [6.07, 6.45) is 0.825. The molecule has 2 aromatic carbocycles. The number of nitrogens with zero attached hydrogens (tertiary/aromatic N) is 2. The van der Waals surface area contributed by atoms with Crippen molar-refractivity contribution in [2.75, 3.05) is 33.9 Å².